The smallest absolute Gasteiger partial charge is 0.224 e. The molecule has 6 heteroatoms. The summed E-state index contributed by atoms with van der Waals surface area (Å²) in [5.41, 5.74) is 1.92. The van der Waals surface area contributed by atoms with E-state index in [1.165, 1.54) is 4.88 Å². The molecule has 26 heavy (non-hydrogen) atoms. The predicted octanol–water partition coefficient (Wildman–Crippen LogP) is 4.22. The molecule has 1 aromatic carbocycles. The van der Waals surface area contributed by atoms with Gasteiger partial charge in [0.2, 0.25) is 5.91 Å². The van der Waals surface area contributed by atoms with E-state index in [0.29, 0.717) is 17.4 Å². The molecule has 0 saturated carbocycles. The van der Waals surface area contributed by atoms with Crippen LogP contribution in [-0.4, -0.2) is 25.1 Å². The standard InChI is InChI=1S/C20H28N2O3S/c1-12(2)9-16(20-21-13(3)14(4)26-20)22-19(23)11-15-7-8-17(24-5)18(10-15)25-6/h7-8,10,12,16H,9,11H2,1-6H3,(H,22,23). The van der Waals surface area contributed by atoms with Crippen molar-refractivity contribution < 1.29 is 14.3 Å². The molecule has 0 spiro atoms. The second kappa shape index (κ2) is 9.03. The summed E-state index contributed by atoms with van der Waals surface area (Å²) in [4.78, 5) is 18.5. The first-order chi connectivity index (χ1) is 12.3. The molecule has 0 bridgehead atoms. The lowest BCUT2D eigenvalue weighted by Crippen LogP contribution is -2.30. The number of benzene rings is 1. The SMILES string of the molecule is COc1ccc(CC(=O)NC(CC(C)C)c2nc(C)c(C)s2)cc1OC. The van der Waals surface area contributed by atoms with Crippen molar-refractivity contribution in [1.29, 1.82) is 0 Å². The Morgan fingerprint density at radius 3 is 2.42 bits per heavy atom. The highest BCUT2D eigenvalue weighted by Crippen LogP contribution is 2.29. The van der Waals surface area contributed by atoms with Gasteiger partial charge in [0, 0.05) is 4.88 Å². The number of thiazole rings is 1. The summed E-state index contributed by atoms with van der Waals surface area (Å²) in [6, 6.07) is 5.49. The van der Waals surface area contributed by atoms with Gasteiger partial charge in [0.1, 0.15) is 5.01 Å². The number of nitrogens with zero attached hydrogens (tertiary/aromatic N) is 1. The van der Waals surface area contributed by atoms with Crippen LogP contribution in [0.5, 0.6) is 11.5 Å². The van der Waals surface area contributed by atoms with Gasteiger partial charge in [0.15, 0.2) is 11.5 Å². The molecule has 1 aromatic heterocycles. The normalized spacial score (nSPS) is 12.1. The maximum atomic E-state index is 12.6. The lowest BCUT2D eigenvalue weighted by Gasteiger charge is -2.19. The minimum Gasteiger partial charge on any atom is -0.493 e. The number of hydrogen-bond acceptors (Lipinski definition) is 5. The van der Waals surface area contributed by atoms with Crippen molar-refractivity contribution in [3.8, 4) is 11.5 Å². The molecule has 0 saturated heterocycles. The second-order valence-corrected chi connectivity index (χ2v) is 8.04. The number of rotatable bonds is 8. The summed E-state index contributed by atoms with van der Waals surface area (Å²) in [6.45, 7) is 8.38. The topological polar surface area (TPSA) is 60.5 Å². The molecule has 2 rings (SSSR count). The van der Waals surface area contributed by atoms with E-state index in [1.54, 1.807) is 25.6 Å². The van der Waals surface area contributed by atoms with Gasteiger partial charge in [-0.25, -0.2) is 4.98 Å². The Morgan fingerprint density at radius 1 is 1.19 bits per heavy atom. The second-order valence-electron chi connectivity index (χ2n) is 6.81. The fourth-order valence-corrected chi connectivity index (χ4v) is 3.75. The van der Waals surface area contributed by atoms with Crippen molar-refractivity contribution in [3.63, 3.8) is 0 Å². The Bertz CT molecular complexity index is 736. The lowest BCUT2D eigenvalue weighted by atomic mass is 10.0. The van der Waals surface area contributed by atoms with Crippen molar-refractivity contribution in [2.75, 3.05) is 14.2 Å². The van der Waals surface area contributed by atoms with Crippen LogP contribution in [0.3, 0.4) is 0 Å². The highest BCUT2D eigenvalue weighted by atomic mass is 32.1. The third-order valence-corrected chi connectivity index (χ3v) is 5.38. The summed E-state index contributed by atoms with van der Waals surface area (Å²) >= 11 is 1.66. The highest BCUT2D eigenvalue weighted by Gasteiger charge is 2.20. The molecule has 1 unspecified atom stereocenters. The molecule has 1 heterocycles. The van der Waals surface area contributed by atoms with Gasteiger partial charge in [-0.05, 0) is 43.9 Å². The van der Waals surface area contributed by atoms with E-state index < -0.39 is 0 Å². The van der Waals surface area contributed by atoms with E-state index in [9.17, 15) is 4.79 Å². The number of methoxy groups -OCH3 is 2. The van der Waals surface area contributed by atoms with Gasteiger partial charge in [0.25, 0.3) is 0 Å². The van der Waals surface area contributed by atoms with E-state index in [0.717, 1.165) is 22.7 Å². The quantitative estimate of drug-likeness (QED) is 0.749. The first-order valence-electron chi connectivity index (χ1n) is 8.78. The first kappa shape index (κ1) is 20.2. The number of aryl methyl sites for hydroxylation is 2. The van der Waals surface area contributed by atoms with Crippen molar-refractivity contribution >= 4 is 17.2 Å². The van der Waals surface area contributed by atoms with Crippen LogP contribution in [0.2, 0.25) is 0 Å². The number of amides is 1. The largest absolute Gasteiger partial charge is 0.493 e. The highest BCUT2D eigenvalue weighted by molar-refractivity contribution is 7.11. The molecule has 1 amide bonds. The zero-order valence-electron chi connectivity index (χ0n) is 16.4. The summed E-state index contributed by atoms with van der Waals surface area (Å²) in [5.74, 6) is 1.73. The molecule has 0 aliphatic carbocycles. The average molecular weight is 377 g/mol. The number of carbonyl (C=O) groups is 1. The third-order valence-electron chi connectivity index (χ3n) is 4.20. The average Bonchev–Trinajstić information content (AvgIpc) is 2.92. The maximum absolute atomic E-state index is 12.6. The van der Waals surface area contributed by atoms with Crippen molar-refractivity contribution in [1.82, 2.24) is 10.3 Å². The number of ether oxygens (including phenoxy) is 2. The van der Waals surface area contributed by atoms with Crippen LogP contribution in [0.25, 0.3) is 0 Å². The third kappa shape index (κ3) is 5.21. The van der Waals surface area contributed by atoms with Crippen LogP contribution in [0.1, 0.15) is 47.5 Å². The predicted molar refractivity (Wildman–Crippen MR) is 105 cm³/mol. The molecule has 0 radical (unpaired) electrons. The first-order valence-corrected chi connectivity index (χ1v) is 9.59. The van der Waals surface area contributed by atoms with E-state index in [4.69, 9.17) is 9.47 Å². The van der Waals surface area contributed by atoms with Crippen LogP contribution in [0.15, 0.2) is 18.2 Å². The van der Waals surface area contributed by atoms with Gasteiger partial charge in [-0.2, -0.15) is 0 Å². The summed E-state index contributed by atoms with van der Waals surface area (Å²) in [6.07, 6.45) is 1.16. The van der Waals surface area contributed by atoms with Crippen molar-refractivity contribution in [2.24, 2.45) is 5.92 Å². The molecule has 5 nitrogen and oxygen atoms in total. The van der Waals surface area contributed by atoms with Crippen LogP contribution in [0, 0.1) is 19.8 Å². The Kier molecular flexibility index (Phi) is 7.03. The lowest BCUT2D eigenvalue weighted by molar-refractivity contribution is -0.121. The summed E-state index contributed by atoms with van der Waals surface area (Å²) < 4.78 is 10.6. The molecule has 1 N–H and O–H groups in total. The number of hydrogen-bond donors (Lipinski definition) is 1. The molecular weight excluding hydrogens is 348 g/mol. The maximum Gasteiger partial charge on any atom is 0.224 e. The van der Waals surface area contributed by atoms with Gasteiger partial charge in [-0.3, -0.25) is 4.79 Å². The Labute approximate surface area is 159 Å². The van der Waals surface area contributed by atoms with Crippen molar-refractivity contribution in [2.45, 2.75) is 46.6 Å². The van der Waals surface area contributed by atoms with E-state index >= 15 is 0 Å². The van der Waals surface area contributed by atoms with E-state index in [1.807, 2.05) is 25.1 Å². The van der Waals surface area contributed by atoms with Crippen LogP contribution >= 0.6 is 11.3 Å². The number of nitrogens with one attached hydrogen (secondary N) is 1. The number of aromatic nitrogens is 1. The number of carbonyl (C=O) groups excluding carboxylic acids is 1. The van der Waals surface area contributed by atoms with Gasteiger partial charge < -0.3 is 14.8 Å². The van der Waals surface area contributed by atoms with E-state index in [2.05, 4.69) is 31.1 Å². The molecule has 0 fully saturated rings. The Hall–Kier alpha value is -2.08. The van der Waals surface area contributed by atoms with Crippen LogP contribution in [0.4, 0.5) is 0 Å². The monoisotopic (exact) mass is 376 g/mol. The molecule has 0 aliphatic heterocycles. The minimum atomic E-state index is -0.0555. The summed E-state index contributed by atoms with van der Waals surface area (Å²) in [7, 11) is 3.19. The molecular formula is C20H28N2O3S. The van der Waals surface area contributed by atoms with E-state index in [-0.39, 0.29) is 18.4 Å². The van der Waals surface area contributed by atoms with Gasteiger partial charge in [-0.15, -0.1) is 11.3 Å². The van der Waals surface area contributed by atoms with Crippen molar-refractivity contribution in [3.05, 3.63) is 39.3 Å². The molecule has 2 aromatic rings. The fraction of sp³-hybridized carbons (Fsp3) is 0.500. The van der Waals surface area contributed by atoms with Gasteiger partial charge in [0.05, 0.1) is 32.4 Å². The van der Waals surface area contributed by atoms with Gasteiger partial charge >= 0.3 is 0 Å². The van der Waals surface area contributed by atoms with Crippen LogP contribution < -0.4 is 14.8 Å². The van der Waals surface area contributed by atoms with Gasteiger partial charge in [-0.1, -0.05) is 19.9 Å². The fourth-order valence-electron chi connectivity index (χ4n) is 2.76. The zero-order valence-corrected chi connectivity index (χ0v) is 17.2. The zero-order chi connectivity index (χ0) is 19.3. The molecule has 0 aliphatic rings. The minimum absolute atomic E-state index is 0.0200. The Morgan fingerprint density at radius 2 is 1.88 bits per heavy atom. The van der Waals surface area contributed by atoms with Crippen LogP contribution in [-0.2, 0) is 11.2 Å². The summed E-state index contributed by atoms with van der Waals surface area (Å²) in [5, 5.41) is 4.14. The molecule has 1 atom stereocenters. The molecule has 142 valence electrons. The Balaban J connectivity index is 2.11.